The van der Waals surface area contributed by atoms with Crippen molar-refractivity contribution in [3.8, 4) is 11.3 Å². The summed E-state index contributed by atoms with van der Waals surface area (Å²) >= 11 is 0. The summed E-state index contributed by atoms with van der Waals surface area (Å²) in [4.78, 5) is 16.7. The van der Waals surface area contributed by atoms with Crippen molar-refractivity contribution >= 4 is 11.6 Å². The van der Waals surface area contributed by atoms with Gasteiger partial charge in [-0.15, -0.1) is 0 Å². The highest BCUT2D eigenvalue weighted by Gasteiger charge is 2.18. The van der Waals surface area contributed by atoms with Crippen molar-refractivity contribution in [2.75, 3.05) is 6.61 Å². The van der Waals surface area contributed by atoms with Gasteiger partial charge in [-0.25, -0.2) is 4.98 Å². The monoisotopic (exact) mass is 391 g/mol. The first-order chi connectivity index (χ1) is 14.2. The molecular formula is C21H21N5O3. The van der Waals surface area contributed by atoms with E-state index in [9.17, 15) is 4.79 Å². The molecule has 1 aliphatic rings. The fourth-order valence-corrected chi connectivity index (χ4v) is 3.53. The van der Waals surface area contributed by atoms with E-state index in [1.54, 1.807) is 24.5 Å². The number of furan rings is 1. The molecule has 29 heavy (non-hydrogen) atoms. The Labute approximate surface area is 167 Å². The molecule has 0 saturated carbocycles. The smallest absolute Gasteiger partial charge is 0.287 e. The molecule has 1 N–H and O–H groups in total. The van der Waals surface area contributed by atoms with Crippen molar-refractivity contribution < 1.29 is 13.9 Å². The maximum atomic E-state index is 12.4. The number of fused-ring (bicyclic) bond motifs is 1. The standard InChI is InChI=1S/C21H21N5O3/c27-21(23-11-15-5-7-25-8-6-22-20(25)10-15)19-4-3-18(29-19)16-12-24-26(13-16)14-17-2-1-9-28-17/h3-8,10,12-13,17H,1-2,9,11,14H2,(H,23,27)/t17-/m1/s1. The zero-order valence-electron chi connectivity index (χ0n) is 15.8. The largest absolute Gasteiger partial charge is 0.451 e. The molecule has 0 aromatic carbocycles. The highest BCUT2D eigenvalue weighted by atomic mass is 16.5. The minimum Gasteiger partial charge on any atom is -0.451 e. The van der Waals surface area contributed by atoms with Gasteiger partial charge in [0.15, 0.2) is 5.76 Å². The Morgan fingerprint density at radius 2 is 2.24 bits per heavy atom. The van der Waals surface area contributed by atoms with E-state index in [0.717, 1.165) is 42.8 Å². The van der Waals surface area contributed by atoms with E-state index in [0.29, 0.717) is 12.3 Å². The van der Waals surface area contributed by atoms with Crippen molar-refractivity contribution in [1.82, 2.24) is 24.5 Å². The van der Waals surface area contributed by atoms with E-state index in [2.05, 4.69) is 15.4 Å². The van der Waals surface area contributed by atoms with Crippen LogP contribution in [0.25, 0.3) is 17.0 Å². The molecule has 0 spiro atoms. The maximum absolute atomic E-state index is 12.4. The van der Waals surface area contributed by atoms with Gasteiger partial charge in [-0.3, -0.25) is 9.48 Å². The summed E-state index contributed by atoms with van der Waals surface area (Å²) in [5.41, 5.74) is 2.66. The molecule has 1 atom stereocenters. The Morgan fingerprint density at radius 1 is 1.28 bits per heavy atom. The third-order valence-electron chi connectivity index (χ3n) is 5.08. The molecule has 1 fully saturated rings. The maximum Gasteiger partial charge on any atom is 0.287 e. The second-order valence-corrected chi connectivity index (χ2v) is 7.16. The summed E-state index contributed by atoms with van der Waals surface area (Å²) in [6.07, 6.45) is 11.6. The number of nitrogens with one attached hydrogen (secondary N) is 1. The summed E-state index contributed by atoms with van der Waals surface area (Å²) in [5, 5.41) is 7.26. The zero-order chi connectivity index (χ0) is 19.6. The van der Waals surface area contributed by atoms with Crippen LogP contribution < -0.4 is 5.32 Å². The molecule has 1 amide bonds. The van der Waals surface area contributed by atoms with Crippen LogP contribution in [0.2, 0.25) is 0 Å². The topological polar surface area (TPSA) is 86.6 Å². The van der Waals surface area contributed by atoms with Gasteiger partial charge in [0.25, 0.3) is 5.91 Å². The van der Waals surface area contributed by atoms with Gasteiger partial charge in [0.2, 0.25) is 0 Å². The van der Waals surface area contributed by atoms with E-state index >= 15 is 0 Å². The van der Waals surface area contributed by atoms with Crippen LogP contribution in [0.1, 0.15) is 29.0 Å². The Balaban J connectivity index is 1.22. The van der Waals surface area contributed by atoms with Crippen molar-refractivity contribution in [3.05, 3.63) is 66.6 Å². The van der Waals surface area contributed by atoms with Crippen LogP contribution in [0.4, 0.5) is 0 Å². The van der Waals surface area contributed by atoms with E-state index in [1.165, 1.54) is 0 Å². The number of rotatable bonds is 6. The Kier molecular flexibility index (Phi) is 4.61. The molecule has 4 aromatic rings. The lowest BCUT2D eigenvalue weighted by molar-refractivity contribution is 0.0923. The summed E-state index contributed by atoms with van der Waals surface area (Å²) in [7, 11) is 0. The molecule has 148 valence electrons. The van der Waals surface area contributed by atoms with Gasteiger partial charge in [0, 0.05) is 37.9 Å². The summed E-state index contributed by atoms with van der Waals surface area (Å²) in [6, 6.07) is 7.36. The molecular weight excluding hydrogens is 370 g/mol. The first-order valence-corrected chi connectivity index (χ1v) is 9.69. The summed E-state index contributed by atoms with van der Waals surface area (Å²) in [6.45, 7) is 1.96. The second kappa shape index (κ2) is 7.56. The van der Waals surface area contributed by atoms with Crippen molar-refractivity contribution in [3.63, 3.8) is 0 Å². The Hall–Kier alpha value is -3.39. The highest BCUT2D eigenvalue weighted by Crippen LogP contribution is 2.22. The molecule has 5 rings (SSSR count). The van der Waals surface area contributed by atoms with Crippen LogP contribution in [0.3, 0.4) is 0 Å². The number of hydrogen-bond acceptors (Lipinski definition) is 5. The molecule has 1 aliphatic heterocycles. The predicted octanol–water partition coefficient (Wildman–Crippen LogP) is 2.90. The summed E-state index contributed by atoms with van der Waals surface area (Å²) < 4.78 is 15.2. The predicted molar refractivity (Wildman–Crippen MR) is 105 cm³/mol. The van der Waals surface area contributed by atoms with Crippen LogP contribution in [0.15, 0.2) is 59.7 Å². The third-order valence-corrected chi connectivity index (χ3v) is 5.08. The van der Waals surface area contributed by atoms with E-state index in [1.807, 2.05) is 39.8 Å². The van der Waals surface area contributed by atoms with Gasteiger partial charge in [-0.2, -0.15) is 5.10 Å². The number of aromatic nitrogens is 4. The van der Waals surface area contributed by atoms with Gasteiger partial charge < -0.3 is 18.9 Å². The van der Waals surface area contributed by atoms with Crippen LogP contribution in [0, 0.1) is 0 Å². The molecule has 8 heteroatoms. The fourth-order valence-electron chi connectivity index (χ4n) is 3.53. The molecule has 1 saturated heterocycles. The van der Waals surface area contributed by atoms with Gasteiger partial charge in [0.1, 0.15) is 11.4 Å². The van der Waals surface area contributed by atoms with Crippen LogP contribution in [-0.4, -0.2) is 37.8 Å². The highest BCUT2D eigenvalue weighted by molar-refractivity contribution is 5.92. The average Bonchev–Trinajstić information content (AvgIpc) is 3.53. The fraction of sp³-hybridized carbons (Fsp3) is 0.286. The second-order valence-electron chi connectivity index (χ2n) is 7.16. The minimum atomic E-state index is -0.258. The van der Waals surface area contributed by atoms with Gasteiger partial charge in [-0.1, -0.05) is 0 Å². The Morgan fingerprint density at radius 3 is 3.14 bits per heavy atom. The van der Waals surface area contributed by atoms with Crippen molar-refractivity contribution in [2.45, 2.75) is 32.0 Å². The van der Waals surface area contributed by atoms with Gasteiger partial charge in [0.05, 0.1) is 24.4 Å². The third kappa shape index (κ3) is 3.79. The number of hydrogen-bond donors (Lipinski definition) is 1. The molecule has 8 nitrogen and oxygen atoms in total. The van der Waals surface area contributed by atoms with Crippen LogP contribution in [0.5, 0.6) is 0 Å². The first kappa shape index (κ1) is 17.7. The lowest BCUT2D eigenvalue weighted by Crippen LogP contribution is -2.22. The molecule has 0 bridgehead atoms. The zero-order valence-corrected chi connectivity index (χ0v) is 15.8. The number of carbonyl (C=O) groups is 1. The number of pyridine rings is 1. The normalized spacial score (nSPS) is 16.5. The summed E-state index contributed by atoms with van der Waals surface area (Å²) in [5.74, 6) is 0.632. The SMILES string of the molecule is O=C(NCc1ccn2ccnc2c1)c1ccc(-c2cnn(C[C@H]3CCCO3)c2)o1. The molecule has 0 radical (unpaired) electrons. The van der Waals surface area contributed by atoms with Crippen LogP contribution in [-0.2, 0) is 17.8 Å². The quantitative estimate of drug-likeness (QED) is 0.546. The minimum absolute atomic E-state index is 0.224. The number of ether oxygens (including phenoxy) is 1. The molecule has 5 heterocycles. The number of imidazole rings is 1. The lowest BCUT2D eigenvalue weighted by atomic mass is 10.2. The lowest BCUT2D eigenvalue weighted by Gasteiger charge is -2.08. The number of nitrogens with zero attached hydrogens (tertiary/aromatic N) is 4. The van der Waals surface area contributed by atoms with E-state index in [-0.39, 0.29) is 17.8 Å². The van der Waals surface area contributed by atoms with E-state index in [4.69, 9.17) is 9.15 Å². The number of carbonyl (C=O) groups excluding carboxylic acids is 1. The van der Waals surface area contributed by atoms with Crippen molar-refractivity contribution in [1.29, 1.82) is 0 Å². The Bertz CT molecular complexity index is 1140. The molecule has 0 aliphatic carbocycles. The van der Waals surface area contributed by atoms with Gasteiger partial charge in [-0.05, 0) is 42.7 Å². The number of amides is 1. The first-order valence-electron chi connectivity index (χ1n) is 9.69. The average molecular weight is 391 g/mol. The molecule has 4 aromatic heterocycles. The van der Waals surface area contributed by atoms with Crippen LogP contribution >= 0.6 is 0 Å². The van der Waals surface area contributed by atoms with E-state index < -0.39 is 0 Å². The molecule has 0 unspecified atom stereocenters. The van der Waals surface area contributed by atoms with Gasteiger partial charge >= 0.3 is 0 Å². The van der Waals surface area contributed by atoms with Crippen molar-refractivity contribution in [2.24, 2.45) is 0 Å².